The highest BCUT2D eigenvalue weighted by molar-refractivity contribution is 5.01. The van der Waals surface area contributed by atoms with E-state index in [-0.39, 0.29) is 0 Å². The zero-order valence-electron chi connectivity index (χ0n) is 40.8. The van der Waals surface area contributed by atoms with Crippen LogP contribution >= 0.6 is 0 Å². The Morgan fingerprint density at radius 3 is 0.590 bits per heavy atom. The van der Waals surface area contributed by atoms with Gasteiger partial charge in [0.05, 0.1) is 46.2 Å². The van der Waals surface area contributed by atoms with Crippen LogP contribution in [0.2, 0.25) is 0 Å². The summed E-state index contributed by atoms with van der Waals surface area (Å²) >= 11 is 0. The number of rotatable bonds is 19. The van der Waals surface area contributed by atoms with Crippen molar-refractivity contribution < 1.29 is 179 Å². The van der Waals surface area contributed by atoms with E-state index in [1.165, 1.54) is 0 Å². The van der Waals surface area contributed by atoms with Crippen LogP contribution in [0, 0.1) is 0 Å². The molecular formula is C42H72O36. The molecule has 0 aliphatic carbocycles. The van der Waals surface area contributed by atoms with Crippen molar-refractivity contribution in [2.45, 2.75) is 215 Å². The van der Waals surface area contributed by atoms with Crippen LogP contribution in [-0.2, 0) is 61.6 Å². The van der Waals surface area contributed by atoms with Crippen LogP contribution < -0.4 is 0 Å². The third-order valence-electron chi connectivity index (χ3n) is 14.5. The molecule has 0 saturated carbocycles. The molecule has 36 nitrogen and oxygen atoms in total. The SMILES string of the molecule is OC[C@H]1O[C@H](O[C@@H]2[C@@H](O)[C@@H](O[C@@H]3[C@@H](O)[C@@H](O[C@@H]4[C@@H](O)[C@@H](O[C@@H]5[C@@H](O)[C@@H](O[C@@H]6[C@@H](O)[C@@H](O[C@@H]7[C@@H](O)[C@@H](O)O[C@H](CO)[C@H]7O)O[C@H](CO)[C@H]6O)O[C@H](CO)[C@H]5O)O[C@H](CO)[C@H]4O)O[C@H](CO)[C@H]3O)O[C@H](CO)[C@H]2O)[C@H](O)[C@@H](O)[C@@H]1O. The van der Waals surface area contributed by atoms with Crippen molar-refractivity contribution in [1.82, 2.24) is 0 Å². The molecule has 7 saturated heterocycles. The molecule has 36 heteroatoms. The van der Waals surface area contributed by atoms with Gasteiger partial charge in [0.2, 0.25) is 0 Å². The van der Waals surface area contributed by atoms with Gasteiger partial charge >= 0.3 is 0 Å². The Kier molecular flexibility index (Phi) is 22.6. The maximum absolute atomic E-state index is 11.7. The molecule has 0 aromatic rings. The summed E-state index contributed by atoms with van der Waals surface area (Å²) in [6.45, 7) is -7.04. The predicted octanol–water partition coefficient (Wildman–Crippen LogP) is -16.3. The van der Waals surface area contributed by atoms with Crippen molar-refractivity contribution in [1.29, 1.82) is 0 Å². The summed E-state index contributed by atoms with van der Waals surface area (Å²) < 4.78 is 72.0. The highest BCUT2D eigenvalue weighted by Crippen LogP contribution is 2.38. The molecule has 7 heterocycles. The molecule has 0 aromatic carbocycles. The van der Waals surface area contributed by atoms with Crippen molar-refractivity contribution in [2.24, 2.45) is 0 Å². The van der Waals surface area contributed by atoms with E-state index in [4.69, 9.17) is 61.6 Å². The first kappa shape index (κ1) is 64.1. The Hall–Kier alpha value is -1.44. The average Bonchev–Trinajstić information content (AvgIpc) is 3.48. The standard InChI is InChI=1S/C42H72O36/c43-1-8-15(50)22(57)23(58)37(67-8)74-31-17(52)10(3-45)69-39(25(31)60)76-33-19(54)12(5-47)71-41(27(33)62)78-35-21(56)14(7-49)72-42(29(35)64)77-34-20(55)13(6-48)70-40(28(34)63)75-32-18(53)11(4-46)68-38(26(32)61)73-30-16(51)9(2-44)66-36(65)24(30)59/h8-65H,1-7H2/t8-,9-,10-,11-,12-,13-,14-,15-,16-,17-,18-,19-,20-,21-,22+,23-,24-,25-,26-,27-,28-,29-,30+,31+,32+,33+,34+,35+,36+,37-,38-,39-,40-,41-,42-/m1/s1. The third kappa shape index (κ3) is 12.9. The number of hydrogen-bond donors (Lipinski definition) is 23. The Labute approximate surface area is 439 Å². The summed E-state index contributed by atoms with van der Waals surface area (Å²) in [6, 6.07) is 0. The molecule has 456 valence electrons. The van der Waals surface area contributed by atoms with Gasteiger partial charge in [-0.15, -0.1) is 0 Å². The Balaban J connectivity index is 1.06. The van der Waals surface area contributed by atoms with Gasteiger partial charge in [0, 0.05) is 0 Å². The minimum absolute atomic E-state index is 0.880. The van der Waals surface area contributed by atoms with Crippen LogP contribution in [-0.4, -0.2) is 379 Å². The van der Waals surface area contributed by atoms with Crippen molar-refractivity contribution in [3.8, 4) is 0 Å². The molecule has 0 bridgehead atoms. The molecule has 0 amide bonds. The third-order valence-corrected chi connectivity index (χ3v) is 14.5. The summed E-state index contributed by atoms with van der Waals surface area (Å²) in [5.74, 6) is 0. The molecule has 0 radical (unpaired) electrons. The first-order chi connectivity index (χ1) is 37.0. The molecule has 0 unspecified atom stereocenters. The fraction of sp³-hybridized carbons (Fsp3) is 1.00. The maximum Gasteiger partial charge on any atom is 0.187 e. The second kappa shape index (κ2) is 27.5. The van der Waals surface area contributed by atoms with Crippen LogP contribution in [0.15, 0.2) is 0 Å². The Bertz CT molecular complexity index is 1820. The van der Waals surface area contributed by atoms with Crippen molar-refractivity contribution in [2.75, 3.05) is 46.2 Å². The lowest BCUT2D eigenvalue weighted by Crippen LogP contribution is -2.69. The number of aliphatic hydroxyl groups is 23. The summed E-state index contributed by atoms with van der Waals surface area (Å²) in [4.78, 5) is 0. The first-order valence-electron chi connectivity index (χ1n) is 24.7. The zero-order valence-corrected chi connectivity index (χ0v) is 40.8. The fourth-order valence-corrected chi connectivity index (χ4v) is 9.97. The molecule has 0 spiro atoms. The van der Waals surface area contributed by atoms with E-state index < -0.39 is 261 Å². The Morgan fingerprint density at radius 2 is 0.372 bits per heavy atom. The minimum Gasteiger partial charge on any atom is -0.394 e. The number of ether oxygens (including phenoxy) is 13. The van der Waals surface area contributed by atoms with Gasteiger partial charge < -0.3 is 179 Å². The fourth-order valence-electron chi connectivity index (χ4n) is 9.97. The topological polar surface area (TPSA) is 585 Å². The van der Waals surface area contributed by atoms with Gasteiger partial charge in [0.25, 0.3) is 0 Å². The van der Waals surface area contributed by atoms with Crippen LogP contribution in [0.3, 0.4) is 0 Å². The van der Waals surface area contributed by atoms with E-state index in [2.05, 4.69) is 0 Å². The molecular weight excluding hydrogens is 1080 g/mol. The van der Waals surface area contributed by atoms with Gasteiger partial charge in [0.1, 0.15) is 171 Å². The molecule has 23 N–H and O–H groups in total. The molecule has 7 aliphatic heterocycles. The van der Waals surface area contributed by atoms with Crippen LogP contribution in [0.25, 0.3) is 0 Å². The van der Waals surface area contributed by atoms with Gasteiger partial charge in [-0.2, -0.15) is 0 Å². The van der Waals surface area contributed by atoms with E-state index in [9.17, 15) is 117 Å². The summed E-state index contributed by atoms with van der Waals surface area (Å²) in [7, 11) is 0. The lowest BCUT2D eigenvalue weighted by molar-refractivity contribution is -0.400. The molecule has 35 atom stereocenters. The Morgan fingerprint density at radius 1 is 0.192 bits per heavy atom. The molecule has 78 heavy (non-hydrogen) atoms. The highest BCUT2D eigenvalue weighted by atomic mass is 16.8. The van der Waals surface area contributed by atoms with Gasteiger partial charge in [-0.3, -0.25) is 0 Å². The van der Waals surface area contributed by atoms with Gasteiger partial charge in [-0.1, -0.05) is 0 Å². The number of hydrogen-bond acceptors (Lipinski definition) is 36. The molecule has 7 fully saturated rings. The van der Waals surface area contributed by atoms with Crippen LogP contribution in [0.1, 0.15) is 0 Å². The van der Waals surface area contributed by atoms with Crippen LogP contribution in [0.4, 0.5) is 0 Å². The second-order valence-electron chi connectivity index (χ2n) is 19.6. The van der Waals surface area contributed by atoms with E-state index in [0.29, 0.717) is 0 Å². The average molecular weight is 1150 g/mol. The van der Waals surface area contributed by atoms with E-state index in [0.717, 1.165) is 0 Å². The summed E-state index contributed by atoms with van der Waals surface area (Å²) in [5, 5.41) is 246. The number of aliphatic hydroxyl groups excluding tert-OH is 23. The first-order valence-corrected chi connectivity index (χ1v) is 24.7. The van der Waals surface area contributed by atoms with Crippen LogP contribution in [0.5, 0.6) is 0 Å². The van der Waals surface area contributed by atoms with Crippen molar-refractivity contribution >= 4 is 0 Å². The van der Waals surface area contributed by atoms with E-state index in [1.807, 2.05) is 0 Å². The normalized spacial score (nSPS) is 53.5. The lowest BCUT2D eigenvalue weighted by atomic mass is 9.95. The molecule has 0 aromatic heterocycles. The highest BCUT2D eigenvalue weighted by Gasteiger charge is 2.59. The largest absolute Gasteiger partial charge is 0.394 e. The monoisotopic (exact) mass is 1150 g/mol. The quantitative estimate of drug-likeness (QED) is 0.0571. The summed E-state index contributed by atoms with van der Waals surface area (Å²) in [6.07, 6.45) is -70.1. The summed E-state index contributed by atoms with van der Waals surface area (Å²) in [5.41, 5.74) is 0. The lowest BCUT2D eigenvalue weighted by Gasteiger charge is -2.50. The second-order valence-corrected chi connectivity index (χ2v) is 19.6. The van der Waals surface area contributed by atoms with Gasteiger partial charge in [0.15, 0.2) is 44.0 Å². The molecule has 7 rings (SSSR count). The zero-order chi connectivity index (χ0) is 57.3. The van der Waals surface area contributed by atoms with Gasteiger partial charge in [-0.25, -0.2) is 0 Å². The van der Waals surface area contributed by atoms with Crippen molar-refractivity contribution in [3.63, 3.8) is 0 Å². The maximum atomic E-state index is 11.7. The predicted molar refractivity (Wildman–Crippen MR) is 232 cm³/mol. The minimum atomic E-state index is -2.33. The van der Waals surface area contributed by atoms with E-state index in [1.54, 1.807) is 0 Å². The van der Waals surface area contributed by atoms with Crippen molar-refractivity contribution in [3.05, 3.63) is 0 Å². The molecule has 7 aliphatic rings. The van der Waals surface area contributed by atoms with E-state index >= 15 is 0 Å². The van der Waals surface area contributed by atoms with Gasteiger partial charge in [-0.05, 0) is 0 Å². The smallest absolute Gasteiger partial charge is 0.187 e.